The second-order valence-electron chi connectivity index (χ2n) is 3.86. The molecule has 0 saturated heterocycles. The molecule has 0 aliphatic heterocycles. The Kier molecular flexibility index (Phi) is 5.33. The number of carbonyl (C=O) groups excluding carboxylic acids is 1. The van der Waals surface area contributed by atoms with E-state index in [1.54, 1.807) is 0 Å². The summed E-state index contributed by atoms with van der Waals surface area (Å²) in [6.45, 7) is 4.30. The first-order chi connectivity index (χ1) is 8.19. The van der Waals surface area contributed by atoms with Crippen molar-refractivity contribution in [2.75, 3.05) is 17.7 Å². The number of benzene rings is 1. The second-order valence-corrected chi connectivity index (χ2v) is 3.86. The lowest BCUT2D eigenvalue weighted by molar-refractivity contribution is 0.187. The summed E-state index contributed by atoms with van der Waals surface area (Å²) < 4.78 is 4.55. The second kappa shape index (κ2) is 6.78. The maximum absolute atomic E-state index is 11.1. The molecule has 1 rings (SSSR count). The fourth-order valence-corrected chi connectivity index (χ4v) is 1.58. The Balaban J connectivity index is 2.68. The molecule has 4 nitrogen and oxygen atoms in total. The van der Waals surface area contributed by atoms with Gasteiger partial charge in [-0.05, 0) is 31.0 Å². The minimum absolute atomic E-state index is 0.454. The van der Waals surface area contributed by atoms with Crippen molar-refractivity contribution in [1.29, 1.82) is 0 Å². The van der Waals surface area contributed by atoms with Gasteiger partial charge in [0.25, 0.3) is 0 Å². The maximum Gasteiger partial charge on any atom is 0.411 e. The summed E-state index contributed by atoms with van der Waals surface area (Å²) >= 11 is 0. The zero-order chi connectivity index (χ0) is 12.7. The van der Waals surface area contributed by atoms with E-state index in [0.717, 1.165) is 24.2 Å². The van der Waals surface area contributed by atoms with Crippen molar-refractivity contribution >= 4 is 17.5 Å². The topological polar surface area (TPSA) is 50.4 Å². The first-order valence-corrected chi connectivity index (χ1v) is 5.91. The molecule has 1 amide bonds. The van der Waals surface area contributed by atoms with Crippen LogP contribution in [-0.2, 0) is 4.74 Å². The van der Waals surface area contributed by atoms with Gasteiger partial charge in [-0.15, -0.1) is 0 Å². The van der Waals surface area contributed by atoms with Gasteiger partial charge in [-0.25, -0.2) is 4.79 Å². The first-order valence-electron chi connectivity index (χ1n) is 5.91. The number of nitrogens with one attached hydrogen (secondary N) is 2. The molecular formula is C13H20N2O2. The highest BCUT2D eigenvalue weighted by Crippen LogP contribution is 2.17. The number of carbonyl (C=O) groups is 1. The zero-order valence-electron chi connectivity index (χ0n) is 10.6. The number of hydrogen-bond acceptors (Lipinski definition) is 3. The van der Waals surface area contributed by atoms with Gasteiger partial charge in [-0.2, -0.15) is 0 Å². The van der Waals surface area contributed by atoms with Gasteiger partial charge >= 0.3 is 6.09 Å². The Bertz CT molecular complexity index is 362. The molecule has 0 aliphatic carbocycles. The molecule has 0 spiro atoms. The molecule has 0 atom stereocenters. The van der Waals surface area contributed by atoms with Gasteiger partial charge in [0.15, 0.2) is 0 Å². The number of ether oxygens (including phenoxy) is 1. The summed E-state index contributed by atoms with van der Waals surface area (Å²) in [4.78, 5) is 11.1. The van der Waals surface area contributed by atoms with Gasteiger partial charge in [0.1, 0.15) is 0 Å². The number of anilines is 2. The lowest BCUT2D eigenvalue weighted by Crippen LogP contribution is -2.17. The molecule has 0 bridgehead atoms. The van der Waals surface area contributed by atoms with Crippen LogP contribution in [0.3, 0.4) is 0 Å². The Morgan fingerprint density at radius 1 is 1.29 bits per heavy atom. The van der Waals surface area contributed by atoms with E-state index in [2.05, 4.69) is 29.2 Å². The van der Waals surface area contributed by atoms with E-state index in [1.807, 2.05) is 24.3 Å². The Labute approximate surface area is 102 Å². The third kappa shape index (κ3) is 4.34. The molecular weight excluding hydrogens is 216 g/mol. The van der Waals surface area contributed by atoms with Crippen LogP contribution in [0.25, 0.3) is 0 Å². The Hall–Kier alpha value is -1.71. The predicted molar refractivity (Wildman–Crippen MR) is 70.5 cm³/mol. The third-order valence-electron chi connectivity index (χ3n) is 2.65. The maximum atomic E-state index is 11.1. The van der Waals surface area contributed by atoms with Crippen molar-refractivity contribution in [2.45, 2.75) is 32.7 Å². The summed E-state index contributed by atoms with van der Waals surface area (Å²) in [6.07, 6.45) is 1.70. The van der Waals surface area contributed by atoms with Crippen LogP contribution in [0.2, 0.25) is 0 Å². The van der Waals surface area contributed by atoms with Gasteiger partial charge in [-0.1, -0.05) is 19.9 Å². The lowest BCUT2D eigenvalue weighted by atomic mass is 10.1. The summed E-state index contributed by atoms with van der Waals surface area (Å²) in [7, 11) is 1.35. The zero-order valence-corrected chi connectivity index (χ0v) is 10.6. The summed E-state index contributed by atoms with van der Waals surface area (Å²) in [5, 5.41) is 6.06. The highest BCUT2D eigenvalue weighted by Gasteiger charge is 2.04. The molecule has 0 fully saturated rings. The minimum Gasteiger partial charge on any atom is -0.453 e. The van der Waals surface area contributed by atoms with E-state index in [4.69, 9.17) is 0 Å². The fourth-order valence-electron chi connectivity index (χ4n) is 1.58. The van der Waals surface area contributed by atoms with Crippen molar-refractivity contribution in [3.8, 4) is 0 Å². The van der Waals surface area contributed by atoms with Crippen molar-refractivity contribution in [3.05, 3.63) is 24.3 Å². The summed E-state index contributed by atoms with van der Waals surface area (Å²) in [6, 6.07) is 8.07. The molecule has 1 aromatic rings. The third-order valence-corrected chi connectivity index (χ3v) is 2.65. The number of amides is 1. The van der Waals surface area contributed by atoms with Gasteiger partial charge in [-0.3, -0.25) is 5.32 Å². The van der Waals surface area contributed by atoms with E-state index in [1.165, 1.54) is 7.11 Å². The monoisotopic (exact) mass is 236 g/mol. The Morgan fingerprint density at radius 3 is 2.53 bits per heavy atom. The van der Waals surface area contributed by atoms with Crippen molar-refractivity contribution < 1.29 is 9.53 Å². The van der Waals surface area contributed by atoms with Gasteiger partial charge in [0.05, 0.1) is 7.11 Å². The number of hydrogen-bond donors (Lipinski definition) is 2. The summed E-state index contributed by atoms with van der Waals surface area (Å²) in [5.41, 5.74) is 1.74. The van der Waals surface area contributed by atoms with Crippen LogP contribution in [0.15, 0.2) is 24.3 Å². The number of rotatable bonds is 5. The van der Waals surface area contributed by atoms with Gasteiger partial charge < -0.3 is 10.1 Å². The number of methoxy groups -OCH3 is 1. The Morgan fingerprint density at radius 2 is 1.94 bits per heavy atom. The SMILES string of the molecule is CCC(CC)Nc1cccc(NC(=O)OC)c1. The van der Waals surface area contributed by atoms with Crippen molar-refractivity contribution in [1.82, 2.24) is 0 Å². The highest BCUT2D eigenvalue weighted by molar-refractivity contribution is 5.85. The van der Waals surface area contributed by atoms with Crippen molar-refractivity contribution in [3.63, 3.8) is 0 Å². The van der Waals surface area contributed by atoms with Crippen LogP contribution in [0.4, 0.5) is 16.2 Å². The molecule has 0 aliphatic rings. The average molecular weight is 236 g/mol. The molecule has 0 unspecified atom stereocenters. The van der Waals surface area contributed by atoms with E-state index in [-0.39, 0.29) is 0 Å². The predicted octanol–water partition coefficient (Wildman–Crippen LogP) is 3.47. The minimum atomic E-state index is -0.454. The standard InChI is InChI=1S/C13H20N2O2/c1-4-10(5-2)14-11-7-6-8-12(9-11)15-13(16)17-3/h6-10,14H,4-5H2,1-3H3,(H,15,16). The van der Waals surface area contributed by atoms with Crippen LogP contribution in [0.1, 0.15) is 26.7 Å². The van der Waals surface area contributed by atoms with Crippen LogP contribution in [0.5, 0.6) is 0 Å². The molecule has 4 heteroatoms. The molecule has 94 valence electrons. The molecule has 0 radical (unpaired) electrons. The van der Waals surface area contributed by atoms with E-state index < -0.39 is 6.09 Å². The lowest BCUT2D eigenvalue weighted by Gasteiger charge is -2.16. The fraction of sp³-hybridized carbons (Fsp3) is 0.462. The van der Waals surface area contributed by atoms with Crippen LogP contribution in [0, 0.1) is 0 Å². The van der Waals surface area contributed by atoms with Gasteiger partial charge in [0.2, 0.25) is 0 Å². The van der Waals surface area contributed by atoms with Crippen LogP contribution >= 0.6 is 0 Å². The molecule has 17 heavy (non-hydrogen) atoms. The van der Waals surface area contributed by atoms with Gasteiger partial charge in [0, 0.05) is 17.4 Å². The average Bonchev–Trinajstić information content (AvgIpc) is 2.36. The molecule has 0 saturated carbocycles. The first kappa shape index (κ1) is 13.4. The molecule has 2 N–H and O–H groups in total. The van der Waals surface area contributed by atoms with E-state index in [0.29, 0.717) is 6.04 Å². The van der Waals surface area contributed by atoms with Crippen LogP contribution < -0.4 is 10.6 Å². The highest BCUT2D eigenvalue weighted by atomic mass is 16.5. The van der Waals surface area contributed by atoms with E-state index >= 15 is 0 Å². The smallest absolute Gasteiger partial charge is 0.411 e. The largest absolute Gasteiger partial charge is 0.453 e. The molecule has 0 aromatic heterocycles. The molecule has 0 heterocycles. The van der Waals surface area contributed by atoms with Crippen LogP contribution in [-0.4, -0.2) is 19.2 Å². The normalized spacial score (nSPS) is 10.1. The quantitative estimate of drug-likeness (QED) is 0.823. The summed E-state index contributed by atoms with van der Waals surface area (Å²) in [5.74, 6) is 0. The van der Waals surface area contributed by atoms with E-state index in [9.17, 15) is 4.79 Å². The molecule has 1 aromatic carbocycles. The van der Waals surface area contributed by atoms with Crippen molar-refractivity contribution in [2.24, 2.45) is 0 Å².